The van der Waals surface area contributed by atoms with E-state index in [0.29, 0.717) is 19.1 Å². The van der Waals surface area contributed by atoms with Gasteiger partial charge in [0.1, 0.15) is 5.82 Å². The zero-order valence-corrected chi connectivity index (χ0v) is 11.5. The van der Waals surface area contributed by atoms with Crippen molar-refractivity contribution in [3.8, 4) is 11.5 Å². The van der Waals surface area contributed by atoms with E-state index >= 15 is 0 Å². The van der Waals surface area contributed by atoms with Gasteiger partial charge in [-0.2, -0.15) is 0 Å². The summed E-state index contributed by atoms with van der Waals surface area (Å²) in [7, 11) is 0. The molecule has 0 bridgehead atoms. The van der Waals surface area contributed by atoms with Crippen molar-refractivity contribution in [2.45, 2.75) is 33.1 Å². The van der Waals surface area contributed by atoms with Gasteiger partial charge in [-0.25, -0.2) is 4.98 Å². The van der Waals surface area contributed by atoms with Crippen LogP contribution >= 0.6 is 0 Å². The summed E-state index contributed by atoms with van der Waals surface area (Å²) in [5, 5.41) is 0. The highest BCUT2D eigenvalue weighted by Crippen LogP contribution is 2.33. The lowest BCUT2D eigenvalue weighted by molar-refractivity contribution is 0.297. The summed E-state index contributed by atoms with van der Waals surface area (Å²) in [6, 6.07) is 3.98. The Hall–Kier alpha value is -1.71. The van der Waals surface area contributed by atoms with Crippen LogP contribution in [0.1, 0.15) is 32.5 Å². The van der Waals surface area contributed by atoms with Crippen molar-refractivity contribution in [1.82, 2.24) is 9.97 Å². The molecular weight excluding hydrogens is 240 g/mol. The second-order valence-corrected chi connectivity index (χ2v) is 5.48. The van der Waals surface area contributed by atoms with E-state index in [2.05, 4.69) is 23.8 Å². The Morgan fingerprint density at radius 1 is 1.21 bits per heavy atom. The van der Waals surface area contributed by atoms with Crippen LogP contribution in [0.3, 0.4) is 0 Å². The predicted molar refractivity (Wildman–Crippen MR) is 74.9 cm³/mol. The van der Waals surface area contributed by atoms with Crippen LogP contribution in [0.2, 0.25) is 0 Å². The van der Waals surface area contributed by atoms with Gasteiger partial charge in [-0.15, -0.1) is 0 Å². The number of hydrogen-bond acceptors (Lipinski definition) is 3. The summed E-state index contributed by atoms with van der Waals surface area (Å²) < 4.78 is 11.4. The summed E-state index contributed by atoms with van der Waals surface area (Å²) in [6.07, 6.45) is 3.06. The van der Waals surface area contributed by atoms with Crippen molar-refractivity contribution in [1.29, 1.82) is 0 Å². The second kappa shape index (κ2) is 5.11. The molecule has 1 aromatic heterocycles. The van der Waals surface area contributed by atoms with Gasteiger partial charge in [0.2, 0.25) is 0 Å². The van der Waals surface area contributed by atoms with Crippen molar-refractivity contribution in [3.05, 3.63) is 18.0 Å². The quantitative estimate of drug-likeness (QED) is 0.921. The normalized spacial score (nSPS) is 14.9. The Labute approximate surface area is 113 Å². The Bertz CT molecular complexity index is 532. The van der Waals surface area contributed by atoms with E-state index in [9.17, 15) is 0 Å². The molecule has 1 aliphatic rings. The van der Waals surface area contributed by atoms with Crippen molar-refractivity contribution in [3.63, 3.8) is 0 Å². The Morgan fingerprint density at radius 3 is 2.68 bits per heavy atom. The molecule has 0 radical (unpaired) electrons. The minimum atomic E-state index is 0.691. The van der Waals surface area contributed by atoms with Crippen molar-refractivity contribution >= 4 is 11.0 Å². The predicted octanol–water partition coefficient (Wildman–Crippen LogP) is 3.31. The van der Waals surface area contributed by atoms with E-state index in [4.69, 9.17) is 9.47 Å². The third-order valence-electron chi connectivity index (χ3n) is 3.36. The average molecular weight is 260 g/mol. The van der Waals surface area contributed by atoms with E-state index in [1.165, 1.54) is 0 Å². The first-order valence-electron chi connectivity index (χ1n) is 7.00. The molecule has 1 N–H and O–H groups in total. The molecule has 0 amide bonds. The minimum absolute atomic E-state index is 0.691. The summed E-state index contributed by atoms with van der Waals surface area (Å²) >= 11 is 0. The van der Waals surface area contributed by atoms with E-state index in [-0.39, 0.29) is 0 Å². The zero-order chi connectivity index (χ0) is 13.2. The fraction of sp³-hybridized carbons (Fsp3) is 0.533. The standard InChI is InChI=1S/C15H20N2O2/c1-10(2)4-5-15-16-11-8-13-14(9-12(11)17-15)19-7-3-6-18-13/h8-10H,3-7H2,1-2H3,(H,16,17). The fourth-order valence-electron chi connectivity index (χ4n) is 2.26. The van der Waals surface area contributed by atoms with Crippen molar-refractivity contribution in [2.24, 2.45) is 5.92 Å². The highest BCUT2D eigenvalue weighted by Gasteiger charge is 2.13. The third-order valence-corrected chi connectivity index (χ3v) is 3.36. The molecule has 1 aliphatic heterocycles. The maximum atomic E-state index is 5.69. The minimum Gasteiger partial charge on any atom is -0.489 e. The van der Waals surface area contributed by atoms with Crippen LogP contribution in [-0.2, 0) is 6.42 Å². The molecule has 0 unspecified atom stereocenters. The third kappa shape index (κ3) is 2.67. The first-order valence-corrected chi connectivity index (χ1v) is 7.00. The number of fused-ring (bicyclic) bond motifs is 2. The molecule has 0 aliphatic carbocycles. The molecule has 1 aromatic carbocycles. The van der Waals surface area contributed by atoms with Gasteiger partial charge >= 0.3 is 0 Å². The number of aromatic nitrogens is 2. The highest BCUT2D eigenvalue weighted by molar-refractivity contribution is 5.79. The number of imidazole rings is 1. The molecule has 0 saturated carbocycles. The van der Waals surface area contributed by atoms with Crippen LogP contribution in [0.25, 0.3) is 11.0 Å². The van der Waals surface area contributed by atoms with Gasteiger partial charge in [0, 0.05) is 25.0 Å². The molecule has 19 heavy (non-hydrogen) atoms. The fourth-order valence-corrected chi connectivity index (χ4v) is 2.26. The summed E-state index contributed by atoms with van der Waals surface area (Å²) in [5.41, 5.74) is 1.99. The van der Waals surface area contributed by atoms with Gasteiger partial charge < -0.3 is 14.5 Å². The lowest BCUT2D eigenvalue weighted by Crippen LogP contribution is -1.97. The van der Waals surface area contributed by atoms with Crippen LogP contribution in [-0.4, -0.2) is 23.2 Å². The van der Waals surface area contributed by atoms with Gasteiger partial charge in [-0.3, -0.25) is 0 Å². The SMILES string of the molecule is CC(C)CCc1nc2cc3c(cc2[nH]1)OCCCO3. The number of nitrogens with one attached hydrogen (secondary N) is 1. The van der Waals surface area contributed by atoms with Crippen LogP contribution in [0.5, 0.6) is 11.5 Å². The number of aryl methyl sites for hydroxylation is 1. The first-order chi connectivity index (χ1) is 9.22. The van der Waals surface area contributed by atoms with Crippen LogP contribution in [0.4, 0.5) is 0 Å². The lowest BCUT2D eigenvalue weighted by atomic mass is 10.1. The summed E-state index contributed by atoms with van der Waals surface area (Å²) in [5.74, 6) is 3.37. The molecule has 0 spiro atoms. The molecule has 102 valence electrons. The largest absolute Gasteiger partial charge is 0.489 e. The topological polar surface area (TPSA) is 47.1 Å². The van der Waals surface area contributed by atoms with E-state index in [1.807, 2.05) is 12.1 Å². The monoisotopic (exact) mass is 260 g/mol. The molecule has 2 aromatic rings. The number of benzene rings is 1. The number of rotatable bonds is 3. The van der Waals surface area contributed by atoms with Gasteiger partial charge in [0.15, 0.2) is 11.5 Å². The van der Waals surface area contributed by atoms with E-state index < -0.39 is 0 Å². The number of nitrogens with zero attached hydrogens (tertiary/aromatic N) is 1. The van der Waals surface area contributed by atoms with Crippen molar-refractivity contribution < 1.29 is 9.47 Å². The smallest absolute Gasteiger partial charge is 0.163 e. The molecule has 4 heteroatoms. The summed E-state index contributed by atoms with van der Waals surface area (Å²) in [4.78, 5) is 8.01. The van der Waals surface area contributed by atoms with Gasteiger partial charge in [-0.05, 0) is 12.3 Å². The molecule has 4 nitrogen and oxygen atoms in total. The van der Waals surface area contributed by atoms with Crippen LogP contribution in [0, 0.1) is 5.92 Å². The van der Waals surface area contributed by atoms with Gasteiger partial charge in [0.25, 0.3) is 0 Å². The average Bonchev–Trinajstić information content (AvgIpc) is 2.63. The zero-order valence-electron chi connectivity index (χ0n) is 11.5. The summed E-state index contributed by atoms with van der Waals surface area (Å²) in [6.45, 7) is 5.88. The molecule has 2 heterocycles. The lowest BCUT2D eigenvalue weighted by Gasteiger charge is -2.05. The van der Waals surface area contributed by atoms with E-state index in [1.54, 1.807) is 0 Å². The van der Waals surface area contributed by atoms with Gasteiger partial charge in [0.05, 0.1) is 24.2 Å². The first kappa shape index (κ1) is 12.3. The number of hydrogen-bond donors (Lipinski definition) is 1. The Kier molecular flexibility index (Phi) is 3.32. The number of ether oxygens (including phenoxy) is 2. The van der Waals surface area contributed by atoms with Crippen molar-refractivity contribution in [2.75, 3.05) is 13.2 Å². The second-order valence-electron chi connectivity index (χ2n) is 5.48. The Balaban J connectivity index is 1.90. The molecule has 0 saturated heterocycles. The number of aromatic amines is 1. The Morgan fingerprint density at radius 2 is 1.95 bits per heavy atom. The number of H-pyrrole nitrogens is 1. The molecular formula is C15H20N2O2. The van der Waals surface area contributed by atoms with Crippen LogP contribution < -0.4 is 9.47 Å². The maximum Gasteiger partial charge on any atom is 0.163 e. The maximum absolute atomic E-state index is 5.69. The molecule has 3 rings (SSSR count). The van der Waals surface area contributed by atoms with Crippen LogP contribution in [0.15, 0.2) is 12.1 Å². The molecule has 0 fully saturated rings. The van der Waals surface area contributed by atoms with E-state index in [0.717, 1.165) is 47.6 Å². The van der Waals surface area contributed by atoms with Gasteiger partial charge in [-0.1, -0.05) is 13.8 Å². The molecule has 0 atom stereocenters. The highest BCUT2D eigenvalue weighted by atomic mass is 16.5.